The van der Waals surface area contributed by atoms with E-state index in [2.05, 4.69) is 10.3 Å². The van der Waals surface area contributed by atoms with Crippen LogP contribution in [0.4, 0.5) is 0 Å². The number of carboxylic acid groups (broad SMARTS) is 1. The van der Waals surface area contributed by atoms with Gasteiger partial charge in [-0.15, -0.1) is 11.3 Å². The molecule has 0 aliphatic heterocycles. The molecule has 0 saturated heterocycles. The number of aryl methyl sites for hydroxylation is 1. The number of carbonyl (C=O) groups excluding carboxylic acids is 1. The molecule has 110 valence electrons. The van der Waals surface area contributed by atoms with Crippen molar-refractivity contribution in [2.45, 2.75) is 19.8 Å². The van der Waals surface area contributed by atoms with Crippen molar-refractivity contribution in [3.63, 3.8) is 0 Å². The molecule has 0 aliphatic rings. The van der Waals surface area contributed by atoms with Crippen LogP contribution in [0.15, 0.2) is 29.6 Å². The van der Waals surface area contributed by atoms with Gasteiger partial charge >= 0.3 is 5.97 Å². The number of carboxylic acids is 1. The molecule has 2 N–H and O–H groups in total. The Morgan fingerprint density at radius 3 is 2.76 bits per heavy atom. The molecule has 1 aromatic heterocycles. The second kappa shape index (κ2) is 6.99. The van der Waals surface area contributed by atoms with E-state index in [9.17, 15) is 9.59 Å². The summed E-state index contributed by atoms with van der Waals surface area (Å²) in [5.74, 6) is -1.14. The van der Waals surface area contributed by atoms with Crippen LogP contribution in [-0.2, 0) is 12.8 Å². The topological polar surface area (TPSA) is 79.3 Å². The first kappa shape index (κ1) is 15.2. The molecular formula is C15H16N2O3S. The van der Waals surface area contributed by atoms with Gasteiger partial charge in [0.2, 0.25) is 0 Å². The number of nitrogens with zero attached hydrogens (tertiary/aromatic N) is 1. The molecule has 2 rings (SSSR count). The molecule has 0 aliphatic carbocycles. The highest BCUT2D eigenvalue weighted by atomic mass is 32.1. The van der Waals surface area contributed by atoms with Crippen LogP contribution in [0.3, 0.4) is 0 Å². The van der Waals surface area contributed by atoms with Gasteiger partial charge in [0.25, 0.3) is 5.91 Å². The number of thiazole rings is 1. The summed E-state index contributed by atoms with van der Waals surface area (Å²) in [5.41, 5.74) is 1.75. The Labute approximate surface area is 126 Å². The number of carbonyl (C=O) groups is 2. The minimum atomic E-state index is -1.03. The van der Waals surface area contributed by atoms with Crippen molar-refractivity contribution in [3.05, 3.63) is 51.5 Å². The van der Waals surface area contributed by atoms with Crippen molar-refractivity contribution in [2.75, 3.05) is 6.54 Å². The molecule has 0 fully saturated rings. The normalized spacial score (nSPS) is 10.3. The fourth-order valence-corrected chi connectivity index (χ4v) is 2.72. The Kier molecular flexibility index (Phi) is 5.05. The standard InChI is InChI=1S/C15H16N2O3S/c1-2-10-5-3-4-6-11(10)14(18)16-8-7-13-17-12(9-21-13)15(19)20/h3-6,9H,2,7-8H2,1H3,(H,16,18)(H,19,20). The number of hydrogen-bond donors (Lipinski definition) is 2. The van der Waals surface area contributed by atoms with Crippen molar-refractivity contribution < 1.29 is 14.7 Å². The maximum atomic E-state index is 12.1. The molecule has 1 heterocycles. The van der Waals surface area contributed by atoms with Crippen LogP contribution < -0.4 is 5.32 Å². The number of aromatic nitrogens is 1. The van der Waals surface area contributed by atoms with E-state index in [1.54, 1.807) is 6.07 Å². The Hall–Kier alpha value is -2.21. The van der Waals surface area contributed by atoms with Gasteiger partial charge in [-0.2, -0.15) is 0 Å². The van der Waals surface area contributed by atoms with Crippen LogP contribution in [0, 0.1) is 0 Å². The van der Waals surface area contributed by atoms with Crippen molar-refractivity contribution in [3.8, 4) is 0 Å². The first-order valence-electron chi connectivity index (χ1n) is 6.65. The molecule has 1 amide bonds. The van der Waals surface area contributed by atoms with Crippen LogP contribution in [0.25, 0.3) is 0 Å². The van der Waals surface area contributed by atoms with Crippen molar-refractivity contribution in [1.29, 1.82) is 0 Å². The quantitative estimate of drug-likeness (QED) is 0.858. The zero-order chi connectivity index (χ0) is 15.2. The Morgan fingerprint density at radius 2 is 2.10 bits per heavy atom. The number of benzene rings is 1. The molecule has 0 saturated carbocycles. The number of aromatic carboxylic acids is 1. The molecule has 2 aromatic rings. The minimum absolute atomic E-state index is 0.0534. The molecule has 1 aromatic carbocycles. The predicted octanol–water partition coefficient (Wildman–Crippen LogP) is 2.38. The van der Waals surface area contributed by atoms with E-state index in [1.807, 2.05) is 25.1 Å². The van der Waals surface area contributed by atoms with E-state index in [-0.39, 0.29) is 11.6 Å². The molecule has 0 bridgehead atoms. The molecule has 21 heavy (non-hydrogen) atoms. The molecule has 6 heteroatoms. The second-order valence-electron chi connectivity index (χ2n) is 4.45. The summed E-state index contributed by atoms with van der Waals surface area (Å²) in [5, 5.41) is 13.8. The summed E-state index contributed by atoms with van der Waals surface area (Å²) >= 11 is 1.29. The molecular weight excluding hydrogens is 288 g/mol. The highest BCUT2D eigenvalue weighted by Gasteiger charge is 2.11. The van der Waals surface area contributed by atoms with Crippen molar-refractivity contribution in [1.82, 2.24) is 10.3 Å². The van der Waals surface area contributed by atoms with Crippen LogP contribution in [0.2, 0.25) is 0 Å². The number of nitrogens with one attached hydrogen (secondary N) is 1. The molecule has 0 unspecified atom stereocenters. The fourth-order valence-electron chi connectivity index (χ4n) is 1.95. The summed E-state index contributed by atoms with van der Waals surface area (Å²) in [7, 11) is 0. The lowest BCUT2D eigenvalue weighted by atomic mass is 10.0. The summed E-state index contributed by atoms with van der Waals surface area (Å²) in [6.45, 7) is 2.44. The predicted molar refractivity (Wildman–Crippen MR) is 80.9 cm³/mol. The van der Waals surface area contributed by atoms with Gasteiger partial charge in [0.05, 0.1) is 5.01 Å². The van der Waals surface area contributed by atoms with E-state index in [0.29, 0.717) is 23.5 Å². The molecule has 0 radical (unpaired) electrons. The largest absolute Gasteiger partial charge is 0.476 e. The molecule has 0 spiro atoms. The highest BCUT2D eigenvalue weighted by Crippen LogP contribution is 2.11. The Balaban J connectivity index is 1.90. The van der Waals surface area contributed by atoms with Crippen molar-refractivity contribution >= 4 is 23.2 Å². The van der Waals surface area contributed by atoms with E-state index in [4.69, 9.17) is 5.11 Å². The van der Waals surface area contributed by atoms with Gasteiger partial charge in [-0.25, -0.2) is 9.78 Å². The van der Waals surface area contributed by atoms with Crippen LogP contribution in [-0.4, -0.2) is 28.5 Å². The van der Waals surface area contributed by atoms with Crippen LogP contribution in [0.5, 0.6) is 0 Å². The van der Waals surface area contributed by atoms with Gasteiger partial charge in [0.15, 0.2) is 5.69 Å². The number of hydrogen-bond acceptors (Lipinski definition) is 4. The third-order valence-corrected chi connectivity index (χ3v) is 3.95. The second-order valence-corrected chi connectivity index (χ2v) is 5.39. The summed E-state index contributed by atoms with van der Waals surface area (Å²) in [6.07, 6.45) is 1.33. The lowest BCUT2D eigenvalue weighted by Gasteiger charge is -2.08. The SMILES string of the molecule is CCc1ccccc1C(=O)NCCc1nc(C(=O)O)cs1. The number of amides is 1. The molecule has 0 atom stereocenters. The van der Waals surface area contributed by atoms with Gasteiger partial charge in [-0.1, -0.05) is 25.1 Å². The van der Waals surface area contributed by atoms with E-state index >= 15 is 0 Å². The smallest absolute Gasteiger partial charge is 0.355 e. The fraction of sp³-hybridized carbons (Fsp3) is 0.267. The van der Waals surface area contributed by atoms with Crippen LogP contribution in [0.1, 0.15) is 38.3 Å². The lowest BCUT2D eigenvalue weighted by Crippen LogP contribution is -2.26. The average molecular weight is 304 g/mol. The zero-order valence-electron chi connectivity index (χ0n) is 11.6. The van der Waals surface area contributed by atoms with Crippen LogP contribution >= 0.6 is 11.3 Å². The van der Waals surface area contributed by atoms with E-state index < -0.39 is 5.97 Å². The Bertz CT molecular complexity index is 652. The van der Waals surface area contributed by atoms with Gasteiger partial charge in [0.1, 0.15) is 0 Å². The third-order valence-electron chi connectivity index (χ3n) is 3.04. The Morgan fingerprint density at radius 1 is 1.33 bits per heavy atom. The van der Waals surface area contributed by atoms with Gasteiger partial charge < -0.3 is 10.4 Å². The zero-order valence-corrected chi connectivity index (χ0v) is 12.4. The third kappa shape index (κ3) is 3.88. The van der Waals surface area contributed by atoms with Gasteiger partial charge in [-0.05, 0) is 18.1 Å². The summed E-state index contributed by atoms with van der Waals surface area (Å²) in [4.78, 5) is 26.8. The number of rotatable bonds is 6. The van der Waals surface area contributed by atoms with Crippen molar-refractivity contribution in [2.24, 2.45) is 0 Å². The van der Waals surface area contributed by atoms with Gasteiger partial charge in [0, 0.05) is 23.9 Å². The monoisotopic (exact) mass is 304 g/mol. The van der Waals surface area contributed by atoms with Gasteiger partial charge in [-0.3, -0.25) is 4.79 Å². The first-order chi connectivity index (χ1) is 10.1. The van der Waals surface area contributed by atoms with E-state index in [1.165, 1.54) is 16.7 Å². The summed E-state index contributed by atoms with van der Waals surface area (Å²) < 4.78 is 0. The minimum Gasteiger partial charge on any atom is -0.476 e. The lowest BCUT2D eigenvalue weighted by molar-refractivity contribution is 0.0690. The highest BCUT2D eigenvalue weighted by molar-refractivity contribution is 7.09. The van der Waals surface area contributed by atoms with E-state index in [0.717, 1.165) is 12.0 Å². The molecule has 5 nitrogen and oxygen atoms in total. The average Bonchev–Trinajstić information content (AvgIpc) is 2.96. The summed E-state index contributed by atoms with van der Waals surface area (Å²) in [6, 6.07) is 7.50. The first-order valence-corrected chi connectivity index (χ1v) is 7.53. The maximum Gasteiger partial charge on any atom is 0.355 e. The maximum absolute atomic E-state index is 12.1.